The summed E-state index contributed by atoms with van der Waals surface area (Å²) in [4.78, 5) is 0. The molecule has 1 heterocycles. The first-order valence-corrected chi connectivity index (χ1v) is 3.83. The predicted molar refractivity (Wildman–Crippen MR) is 46.3 cm³/mol. The zero-order chi connectivity index (χ0) is 7.84. The van der Waals surface area contributed by atoms with Crippen molar-refractivity contribution in [2.24, 2.45) is 0 Å². The van der Waals surface area contributed by atoms with E-state index >= 15 is 0 Å². The molecule has 0 aliphatic carbocycles. The van der Waals surface area contributed by atoms with E-state index in [4.69, 9.17) is 0 Å². The van der Waals surface area contributed by atoms with Crippen molar-refractivity contribution in [3.05, 3.63) is 29.3 Å². The molecule has 1 aromatic carbocycles. The molecule has 11 heavy (non-hydrogen) atoms. The van der Waals surface area contributed by atoms with E-state index in [1.54, 1.807) is 0 Å². The summed E-state index contributed by atoms with van der Waals surface area (Å²) in [6.45, 7) is 3.13. The van der Waals surface area contributed by atoms with E-state index in [0.29, 0.717) is 0 Å². The topological polar surface area (TPSA) is 15.3 Å². The normalized spacial score (nSPS) is 16.2. The van der Waals surface area contributed by atoms with Crippen LogP contribution in [0.3, 0.4) is 0 Å². The molecule has 0 amide bonds. The number of hydrogen-bond acceptors (Lipinski definition) is 2. The van der Waals surface area contributed by atoms with E-state index in [0.717, 1.165) is 6.54 Å². The molecule has 0 saturated carbocycles. The van der Waals surface area contributed by atoms with Crippen LogP contribution in [0.5, 0.6) is 0 Å². The van der Waals surface area contributed by atoms with Gasteiger partial charge in [-0.2, -0.15) is 0 Å². The first-order chi connectivity index (χ1) is 5.25. The first-order valence-electron chi connectivity index (χ1n) is 3.83. The van der Waals surface area contributed by atoms with E-state index in [1.807, 2.05) is 0 Å². The molecule has 1 aliphatic heterocycles. The van der Waals surface area contributed by atoms with Crippen molar-refractivity contribution >= 4 is 5.69 Å². The molecular formula is C9H12N2. The predicted octanol–water partition coefficient (Wildman–Crippen LogP) is 1.77. The fourth-order valence-corrected chi connectivity index (χ4v) is 1.46. The smallest absolute Gasteiger partial charge is 0.0536 e. The van der Waals surface area contributed by atoms with Gasteiger partial charge in [0.05, 0.1) is 5.69 Å². The molecule has 0 radical (unpaired) electrons. The molecule has 0 atom stereocenters. The number of rotatable bonds is 0. The van der Waals surface area contributed by atoms with Gasteiger partial charge in [0.2, 0.25) is 0 Å². The molecule has 0 saturated heterocycles. The highest BCUT2D eigenvalue weighted by Crippen LogP contribution is 2.24. The van der Waals surface area contributed by atoms with Crippen LogP contribution in [0.15, 0.2) is 18.2 Å². The van der Waals surface area contributed by atoms with Crippen molar-refractivity contribution in [1.29, 1.82) is 0 Å². The van der Waals surface area contributed by atoms with Crippen molar-refractivity contribution in [1.82, 2.24) is 5.01 Å². The highest BCUT2D eigenvalue weighted by Gasteiger charge is 2.13. The first kappa shape index (κ1) is 6.68. The van der Waals surface area contributed by atoms with Gasteiger partial charge in [-0.1, -0.05) is 17.7 Å². The van der Waals surface area contributed by atoms with Gasteiger partial charge in [0, 0.05) is 13.6 Å². The highest BCUT2D eigenvalue weighted by atomic mass is 15.5. The fourth-order valence-electron chi connectivity index (χ4n) is 1.46. The monoisotopic (exact) mass is 148 g/mol. The third-order valence-corrected chi connectivity index (χ3v) is 1.98. The molecule has 0 bridgehead atoms. The summed E-state index contributed by atoms with van der Waals surface area (Å²) in [5.41, 5.74) is 7.24. The SMILES string of the molecule is Cc1ccc2c(c1)CN(C)N2. The minimum atomic E-state index is 1.01. The second kappa shape index (κ2) is 2.24. The van der Waals surface area contributed by atoms with Gasteiger partial charge in [0.25, 0.3) is 0 Å². The number of anilines is 1. The average Bonchev–Trinajstić information content (AvgIpc) is 2.27. The molecule has 2 heteroatoms. The van der Waals surface area contributed by atoms with Gasteiger partial charge in [0.1, 0.15) is 0 Å². The van der Waals surface area contributed by atoms with Crippen LogP contribution in [0.1, 0.15) is 11.1 Å². The summed E-state index contributed by atoms with van der Waals surface area (Å²) in [5.74, 6) is 0. The Balaban J connectivity index is 2.43. The number of aryl methyl sites for hydroxylation is 1. The molecular weight excluding hydrogens is 136 g/mol. The van der Waals surface area contributed by atoms with Crippen molar-refractivity contribution in [2.45, 2.75) is 13.5 Å². The van der Waals surface area contributed by atoms with Crippen LogP contribution in [-0.2, 0) is 6.54 Å². The maximum Gasteiger partial charge on any atom is 0.0536 e. The van der Waals surface area contributed by atoms with Gasteiger partial charge in [-0.15, -0.1) is 0 Å². The van der Waals surface area contributed by atoms with Crippen LogP contribution in [0.2, 0.25) is 0 Å². The molecule has 2 nitrogen and oxygen atoms in total. The number of hydrazine groups is 1. The van der Waals surface area contributed by atoms with Crippen molar-refractivity contribution in [3.63, 3.8) is 0 Å². The quantitative estimate of drug-likeness (QED) is 0.603. The number of nitrogens with zero attached hydrogens (tertiary/aromatic N) is 1. The second-order valence-electron chi connectivity index (χ2n) is 3.13. The van der Waals surface area contributed by atoms with E-state index in [-0.39, 0.29) is 0 Å². The third-order valence-electron chi connectivity index (χ3n) is 1.98. The van der Waals surface area contributed by atoms with Crippen LogP contribution >= 0.6 is 0 Å². The number of nitrogens with one attached hydrogen (secondary N) is 1. The van der Waals surface area contributed by atoms with Gasteiger partial charge >= 0.3 is 0 Å². The van der Waals surface area contributed by atoms with Crippen molar-refractivity contribution in [3.8, 4) is 0 Å². The molecule has 1 N–H and O–H groups in total. The molecule has 1 aliphatic rings. The molecule has 0 aromatic heterocycles. The van der Waals surface area contributed by atoms with Crippen LogP contribution < -0.4 is 5.43 Å². The molecule has 0 spiro atoms. The maximum atomic E-state index is 3.26. The number of hydrogen-bond donors (Lipinski definition) is 1. The highest BCUT2D eigenvalue weighted by molar-refractivity contribution is 5.54. The summed E-state index contributed by atoms with van der Waals surface area (Å²) < 4.78 is 0. The summed E-state index contributed by atoms with van der Waals surface area (Å²) in [6, 6.07) is 6.49. The van der Waals surface area contributed by atoms with Crippen LogP contribution in [0.25, 0.3) is 0 Å². The van der Waals surface area contributed by atoms with Gasteiger partial charge in [-0.25, -0.2) is 5.01 Å². The molecule has 1 aromatic rings. The van der Waals surface area contributed by atoms with Crippen LogP contribution in [-0.4, -0.2) is 12.1 Å². The van der Waals surface area contributed by atoms with Crippen molar-refractivity contribution < 1.29 is 0 Å². The van der Waals surface area contributed by atoms with E-state index in [9.17, 15) is 0 Å². The van der Waals surface area contributed by atoms with Gasteiger partial charge in [0.15, 0.2) is 0 Å². The lowest BCUT2D eigenvalue weighted by atomic mass is 10.1. The zero-order valence-corrected chi connectivity index (χ0v) is 6.89. The number of fused-ring (bicyclic) bond motifs is 1. The third kappa shape index (κ3) is 1.10. The fraction of sp³-hybridized carbons (Fsp3) is 0.333. The van der Waals surface area contributed by atoms with Gasteiger partial charge in [-0.3, -0.25) is 0 Å². The Bertz CT molecular complexity index is 281. The van der Waals surface area contributed by atoms with Crippen molar-refractivity contribution in [2.75, 3.05) is 12.5 Å². The minimum Gasteiger partial charge on any atom is -0.318 e. The Labute approximate surface area is 66.8 Å². The van der Waals surface area contributed by atoms with Crippen LogP contribution in [0, 0.1) is 6.92 Å². The van der Waals surface area contributed by atoms with Gasteiger partial charge < -0.3 is 5.43 Å². The van der Waals surface area contributed by atoms with E-state index < -0.39 is 0 Å². The Morgan fingerprint density at radius 3 is 3.09 bits per heavy atom. The Hall–Kier alpha value is -1.02. The molecule has 0 unspecified atom stereocenters. The summed E-state index contributed by atoms with van der Waals surface area (Å²) >= 11 is 0. The molecule has 2 rings (SSSR count). The largest absolute Gasteiger partial charge is 0.318 e. The summed E-state index contributed by atoms with van der Waals surface area (Å²) in [6.07, 6.45) is 0. The van der Waals surface area contributed by atoms with E-state index in [2.05, 4.69) is 42.6 Å². The average molecular weight is 148 g/mol. The lowest BCUT2D eigenvalue weighted by Gasteiger charge is -2.06. The van der Waals surface area contributed by atoms with Gasteiger partial charge in [-0.05, 0) is 18.6 Å². The Morgan fingerprint density at radius 2 is 2.27 bits per heavy atom. The molecule has 58 valence electrons. The summed E-state index contributed by atoms with van der Waals surface area (Å²) in [7, 11) is 2.05. The Morgan fingerprint density at radius 1 is 1.45 bits per heavy atom. The zero-order valence-electron chi connectivity index (χ0n) is 6.89. The van der Waals surface area contributed by atoms with Crippen LogP contribution in [0.4, 0.5) is 5.69 Å². The summed E-state index contributed by atoms with van der Waals surface area (Å²) in [5, 5.41) is 2.09. The molecule has 0 fully saturated rings. The standard InChI is InChI=1S/C9H12N2/c1-7-3-4-9-8(5-7)6-11(2)10-9/h3-5,10H,6H2,1-2H3. The lowest BCUT2D eigenvalue weighted by Crippen LogP contribution is -2.16. The Kier molecular flexibility index (Phi) is 1.36. The maximum absolute atomic E-state index is 3.26. The van der Waals surface area contributed by atoms with E-state index in [1.165, 1.54) is 16.8 Å². The minimum absolute atomic E-state index is 1.01. The second-order valence-corrected chi connectivity index (χ2v) is 3.13. The lowest BCUT2D eigenvalue weighted by molar-refractivity contribution is 0.422. The number of benzene rings is 1.